The van der Waals surface area contributed by atoms with Crippen molar-refractivity contribution in [3.63, 3.8) is 0 Å². The Bertz CT molecular complexity index is 1700. The molecule has 0 bridgehead atoms. The van der Waals surface area contributed by atoms with Crippen molar-refractivity contribution in [3.05, 3.63) is 47.8 Å². The lowest BCUT2D eigenvalue weighted by atomic mass is 9.99. The number of nitrogens with zero attached hydrogens (tertiary/aromatic N) is 5. The predicted molar refractivity (Wildman–Crippen MR) is 116 cm³/mol. The van der Waals surface area contributed by atoms with Gasteiger partial charge in [-0.05, 0) is 48.9 Å². The Morgan fingerprint density at radius 2 is 1.27 bits per heavy atom. The van der Waals surface area contributed by atoms with E-state index in [0.717, 1.165) is 24.3 Å². The first kappa shape index (κ1) is 22.6. The Labute approximate surface area is 187 Å². The minimum atomic E-state index is -4.58. The van der Waals surface area contributed by atoms with Crippen LogP contribution in [0.1, 0.15) is 11.4 Å². The third kappa shape index (κ3) is 4.23. The first-order chi connectivity index (χ1) is 15.4. The van der Waals surface area contributed by atoms with Crippen LogP contribution in [0.3, 0.4) is 0 Å². The molecule has 14 heteroatoms. The highest BCUT2D eigenvalue weighted by molar-refractivity contribution is 7.86. The molecule has 170 valence electrons. The Morgan fingerprint density at radius 3 is 1.82 bits per heavy atom. The number of rotatable bonds is 4. The van der Waals surface area contributed by atoms with E-state index in [9.17, 15) is 31.0 Å². The van der Waals surface area contributed by atoms with Crippen molar-refractivity contribution in [1.29, 1.82) is 0 Å². The summed E-state index contributed by atoms with van der Waals surface area (Å²) in [4.78, 5) is 3.18. The van der Waals surface area contributed by atoms with Crippen LogP contribution in [0.25, 0.3) is 21.5 Å². The molecule has 0 aliphatic rings. The van der Waals surface area contributed by atoms with Gasteiger partial charge >= 0.3 is 0 Å². The van der Waals surface area contributed by atoms with Gasteiger partial charge < -0.3 is 5.11 Å². The summed E-state index contributed by atoms with van der Waals surface area (Å²) < 4.78 is 65.3. The lowest BCUT2D eigenvalue weighted by Gasteiger charge is -2.12. The molecule has 0 fully saturated rings. The molecular weight excluding hydrogens is 474 g/mol. The van der Waals surface area contributed by atoms with Gasteiger partial charge in [-0.25, -0.2) is 4.98 Å². The number of aromatic nitrogens is 3. The molecule has 0 saturated heterocycles. The average Bonchev–Trinajstić information content (AvgIpc) is 2.74. The Hall–Kier alpha value is -3.59. The Balaban J connectivity index is 2.07. The van der Waals surface area contributed by atoms with E-state index in [1.54, 1.807) is 13.8 Å². The minimum Gasteiger partial charge on any atom is -0.505 e. The molecular formula is C19H15N5O7S2. The fourth-order valence-corrected chi connectivity index (χ4v) is 4.18. The van der Waals surface area contributed by atoms with Crippen LogP contribution < -0.4 is 0 Å². The van der Waals surface area contributed by atoms with Crippen molar-refractivity contribution < 1.29 is 31.0 Å². The van der Waals surface area contributed by atoms with Crippen LogP contribution in [0.5, 0.6) is 5.75 Å². The Morgan fingerprint density at radius 1 is 0.727 bits per heavy atom. The van der Waals surface area contributed by atoms with E-state index in [4.69, 9.17) is 0 Å². The summed E-state index contributed by atoms with van der Waals surface area (Å²) in [6.45, 7) is 3.38. The van der Waals surface area contributed by atoms with E-state index in [-0.39, 0.29) is 22.4 Å². The fourth-order valence-electron chi connectivity index (χ4n) is 3.17. The summed E-state index contributed by atoms with van der Waals surface area (Å²) in [6, 6.07) is 7.11. The van der Waals surface area contributed by atoms with E-state index in [1.165, 1.54) is 12.1 Å². The van der Waals surface area contributed by atoms with Crippen LogP contribution in [0.4, 0.5) is 11.6 Å². The largest absolute Gasteiger partial charge is 0.505 e. The lowest BCUT2D eigenvalue weighted by Crippen LogP contribution is -1.99. The molecule has 33 heavy (non-hydrogen) atoms. The molecule has 1 heterocycles. The first-order valence-electron chi connectivity index (χ1n) is 9.13. The molecule has 0 aliphatic heterocycles. The van der Waals surface area contributed by atoms with E-state index in [0.29, 0.717) is 22.2 Å². The van der Waals surface area contributed by atoms with Crippen molar-refractivity contribution in [2.45, 2.75) is 23.6 Å². The van der Waals surface area contributed by atoms with Crippen molar-refractivity contribution in [2.75, 3.05) is 0 Å². The van der Waals surface area contributed by atoms with Crippen LogP contribution in [-0.2, 0) is 20.2 Å². The number of phenolic OH excluding ortho intramolecular Hbond substituents is 1. The van der Waals surface area contributed by atoms with E-state index in [2.05, 4.69) is 25.4 Å². The number of aromatic hydroxyl groups is 1. The van der Waals surface area contributed by atoms with Gasteiger partial charge in [-0.1, -0.05) is 12.1 Å². The van der Waals surface area contributed by atoms with Crippen LogP contribution in [0.15, 0.2) is 56.4 Å². The molecule has 0 spiro atoms. The minimum absolute atomic E-state index is 0.00492. The second kappa shape index (κ2) is 7.77. The van der Waals surface area contributed by atoms with Gasteiger partial charge in [0, 0.05) is 10.8 Å². The van der Waals surface area contributed by atoms with Crippen molar-refractivity contribution in [2.24, 2.45) is 10.2 Å². The SMILES string of the molecule is Cc1nnc(/N=N/c2c(O)c3cc(S(=O)(=O)O)ccc3c3ccc(S(=O)(=O)O)cc23)nc1C. The number of fused-ring (bicyclic) bond motifs is 3. The van der Waals surface area contributed by atoms with Gasteiger partial charge in [0.1, 0.15) is 5.69 Å². The smallest absolute Gasteiger partial charge is 0.294 e. The topological polar surface area (TPSA) is 192 Å². The number of phenols is 1. The van der Waals surface area contributed by atoms with Gasteiger partial charge in [0.05, 0.1) is 21.2 Å². The van der Waals surface area contributed by atoms with Crippen LogP contribution in [-0.4, -0.2) is 46.2 Å². The normalized spacial score (nSPS) is 12.7. The van der Waals surface area contributed by atoms with Gasteiger partial charge in [0.25, 0.3) is 26.2 Å². The summed E-state index contributed by atoms with van der Waals surface area (Å²) in [7, 11) is -9.15. The highest BCUT2D eigenvalue weighted by Gasteiger charge is 2.20. The lowest BCUT2D eigenvalue weighted by molar-refractivity contribution is 0.479. The molecule has 0 aliphatic carbocycles. The number of hydrogen-bond acceptors (Lipinski definition) is 10. The van der Waals surface area contributed by atoms with Crippen LogP contribution >= 0.6 is 0 Å². The second-order valence-electron chi connectivity index (χ2n) is 7.04. The zero-order chi connectivity index (χ0) is 24.1. The molecule has 4 aromatic rings. The summed E-state index contributed by atoms with van der Waals surface area (Å²) in [6.07, 6.45) is 0. The maximum absolute atomic E-state index is 11.7. The molecule has 3 N–H and O–H groups in total. The summed E-state index contributed by atoms with van der Waals surface area (Å²) >= 11 is 0. The fraction of sp³-hybridized carbons (Fsp3) is 0.105. The number of hydrogen-bond donors (Lipinski definition) is 3. The highest BCUT2D eigenvalue weighted by atomic mass is 32.2. The van der Waals surface area contributed by atoms with Gasteiger partial charge in [0.15, 0.2) is 5.75 Å². The molecule has 0 saturated carbocycles. The van der Waals surface area contributed by atoms with Gasteiger partial charge in [-0.15, -0.1) is 15.3 Å². The third-order valence-electron chi connectivity index (χ3n) is 4.92. The molecule has 0 atom stereocenters. The maximum atomic E-state index is 11.7. The third-order valence-corrected chi connectivity index (χ3v) is 6.62. The maximum Gasteiger partial charge on any atom is 0.294 e. The molecule has 12 nitrogen and oxygen atoms in total. The summed E-state index contributed by atoms with van der Waals surface area (Å²) in [5, 5.41) is 27.2. The molecule has 0 radical (unpaired) electrons. The first-order valence-corrected chi connectivity index (χ1v) is 12.0. The molecule has 3 aromatic carbocycles. The van der Waals surface area contributed by atoms with Gasteiger partial charge in [0.2, 0.25) is 0 Å². The van der Waals surface area contributed by atoms with Crippen LogP contribution in [0.2, 0.25) is 0 Å². The predicted octanol–water partition coefficient (Wildman–Crippen LogP) is 3.41. The Kier molecular flexibility index (Phi) is 5.32. The van der Waals surface area contributed by atoms with Crippen molar-refractivity contribution in [3.8, 4) is 5.75 Å². The second-order valence-corrected chi connectivity index (χ2v) is 9.89. The van der Waals surface area contributed by atoms with E-state index >= 15 is 0 Å². The standard InChI is InChI=1S/C19H15N5O7S2/c1-9-10(2)21-23-19(20-9)24-22-17-15-7-11(32(26,27)28)3-5-13(15)14-6-4-12(33(29,30)31)8-16(14)18(17)25/h3-8,25H,1-2H3,(H,26,27,28)(H,29,30,31)/b24-22+. The molecule has 4 rings (SSSR count). The molecule has 1 aromatic heterocycles. The summed E-state index contributed by atoms with van der Waals surface area (Å²) in [5.74, 6) is -0.681. The zero-order valence-electron chi connectivity index (χ0n) is 17.0. The average molecular weight is 489 g/mol. The quantitative estimate of drug-likeness (QED) is 0.217. The zero-order valence-corrected chi connectivity index (χ0v) is 18.6. The van der Waals surface area contributed by atoms with Crippen molar-refractivity contribution >= 4 is 53.4 Å². The van der Waals surface area contributed by atoms with Crippen molar-refractivity contribution in [1.82, 2.24) is 15.2 Å². The monoisotopic (exact) mass is 489 g/mol. The van der Waals surface area contributed by atoms with E-state index in [1.807, 2.05) is 0 Å². The van der Waals surface area contributed by atoms with Gasteiger partial charge in [-0.3, -0.25) is 9.11 Å². The molecule has 0 unspecified atom stereocenters. The molecule has 0 amide bonds. The summed E-state index contributed by atoms with van der Waals surface area (Å²) in [5.41, 5.74) is 0.874. The van der Waals surface area contributed by atoms with E-state index < -0.39 is 35.8 Å². The van der Waals surface area contributed by atoms with Gasteiger partial charge in [-0.2, -0.15) is 21.9 Å². The number of azo groups is 1. The number of benzene rings is 3. The number of aryl methyl sites for hydroxylation is 2. The van der Waals surface area contributed by atoms with Crippen LogP contribution in [0, 0.1) is 13.8 Å². The highest BCUT2D eigenvalue weighted by Crippen LogP contribution is 2.44.